The Balaban J connectivity index is 0.000000454. The first-order chi connectivity index (χ1) is 16.5. The number of piperidine rings is 1. The van der Waals surface area contributed by atoms with Gasteiger partial charge in [0.05, 0.1) is 36.7 Å². The van der Waals surface area contributed by atoms with E-state index in [0.29, 0.717) is 26.1 Å². The Labute approximate surface area is 200 Å². The van der Waals surface area contributed by atoms with Gasteiger partial charge in [-0.25, -0.2) is 23.2 Å². The maximum absolute atomic E-state index is 12.9. The summed E-state index contributed by atoms with van der Waals surface area (Å²) in [4.78, 5) is 30.1. The van der Waals surface area contributed by atoms with Crippen LogP contribution >= 0.6 is 0 Å². The lowest BCUT2D eigenvalue weighted by molar-refractivity contribution is -0.192. The van der Waals surface area contributed by atoms with Crippen molar-refractivity contribution in [2.45, 2.75) is 37.3 Å². The standard InChI is InChI=1S/C17H21F3N4O4S.C2HF3O2/c18-17(19,20)14-4-15(22-9-21-14)24-2-1-12-10(5-24)6-28-13(12)3-16(25)23-11-7-29(26,27)8-11;3-2(4,5)1(6)7/h4,9-13H,1-3,5-8H2,(H,23,25);(H,6,7)/t10-,12-,13+;/m1./s1. The van der Waals surface area contributed by atoms with Gasteiger partial charge in [-0.1, -0.05) is 0 Å². The Kier molecular flexibility index (Phi) is 8.02. The SMILES string of the molecule is O=C(C[C@@H]1OC[C@H]2CN(c3cc(C(F)(F)F)ncn3)CC[C@H]21)NC1CS(=O)(=O)C1.O=C(O)C(F)(F)F. The van der Waals surface area contributed by atoms with Gasteiger partial charge < -0.3 is 20.1 Å². The highest BCUT2D eigenvalue weighted by Crippen LogP contribution is 2.37. The molecule has 0 saturated carbocycles. The number of hydrogen-bond donors (Lipinski definition) is 2. The van der Waals surface area contributed by atoms with Crippen LogP contribution in [-0.4, -0.2) is 84.9 Å². The number of ether oxygens (including phenoxy) is 1. The fourth-order valence-corrected chi connectivity index (χ4v) is 5.59. The number of sulfone groups is 1. The number of nitrogens with zero attached hydrogens (tertiary/aromatic N) is 3. The zero-order chi connectivity index (χ0) is 26.9. The molecule has 3 saturated heterocycles. The Morgan fingerprint density at radius 2 is 1.81 bits per heavy atom. The molecule has 0 aliphatic carbocycles. The van der Waals surface area contributed by atoms with Crippen molar-refractivity contribution in [3.05, 3.63) is 18.1 Å². The second kappa shape index (κ2) is 10.4. The van der Waals surface area contributed by atoms with Gasteiger partial charge in [0.25, 0.3) is 0 Å². The Morgan fingerprint density at radius 1 is 1.17 bits per heavy atom. The first kappa shape index (κ1) is 27.9. The lowest BCUT2D eigenvalue weighted by Crippen LogP contribution is -2.53. The van der Waals surface area contributed by atoms with E-state index in [1.807, 2.05) is 0 Å². The topological polar surface area (TPSA) is 139 Å². The summed E-state index contributed by atoms with van der Waals surface area (Å²) in [6.07, 6.45) is -8.13. The minimum atomic E-state index is -5.08. The predicted octanol–water partition coefficient (Wildman–Crippen LogP) is 1.27. The highest BCUT2D eigenvalue weighted by Gasteiger charge is 2.43. The fraction of sp³-hybridized carbons (Fsp3) is 0.684. The Morgan fingerprint density at radius 3 is 2.36 bits per heavy atom. The first-order valence-corrected chi connectivity index (χ1v) is 12.4. The second-order valence-corrected chi connectivity index (χ2v) is 10.8. The van der Waals surface area contributed by atoms with Crippen LogP contribution in [0.1, 0.15) is 18.5 Å². The molecule has 1 amide bonds. The molecule has 10 nitrogen and oxygen atoms in total. The van der Waals surface area contributed by atoms with Crippen molar-refractivity contribution in [2.75, 3.05) is 36.1 Å². The highest BCUT2D eigenvalue weighted by molar-refractivity contribution is 7.92. The van der Waals surface area contributed by atoms with E-state index < -0.39 is 33.9 Å². The Bertz CT molecular complexity index is 1070. The monoisotopic (exact) mass is 548 g/mol. The van der Waals surface area contributed by atoms with Crippen molar-refractivity contribution in [3.8, 4) is 0 Å². The summed E-state index contributed by atoms with van der Waals surface area (Å²) in [6, 6.07) is 0.625. The van der Waals surface area contributed by atoms with Gasteiger partial charge in [0.15, 0.2) is 9.84 Å². The van der Waals surface area contributed by atoms with Gasteiger partial charge in [-0.2, -0.15) is 26.3 Å². The number of rotatable bonds is 4. The number of fused-ring (bicyclic) bond motifs is 1. The van der Waals surface area contributed by atoms with E-state index in [-0.39, 0.29) is 53.6 Å². The van der Waals surface area contributed by atoms with Crippen LogP contribution in [0.3, 0.4) is 0 Å². The molecule has 4 heterocycles. The van der Waals surface area contributed by atoms with Crippen molar-refractivity contribution in [1.29, 1.82) is 0 Å². The van der Waals surface area contributed by atoms with Gasteiger partial charge in [-0.05, 0) is 12.3 Å². The number of anilines is 1. The number of amides is 1. The smallest absolute Gasteiger partial charge is 0.475 e. The molecule has 2 N–H and O–H groups in total. The molecule has 3 fully saturated rings. The molecule has 0 radical (unpaired) electrons. The normalized spacial score (nSPS) is 25.7. The molecule has 1 aromatic rings. The number of nitrogens with one attached hydrogen (secondary N) is 1. The average molecular weight is 548 g/mol. The summed E-state index contributed by atoms with van der Waals surface area (Å²) in [5.74, 6) is -2.58. The number of aliphatic carboxylic acids is 1. The quantitative estimate of drug-likeness (QED) is 0.533. The maximum Gasteiger partial charge on any atom is 0.490 e. The molecule has 4 rings (SSSR count). The van der Waals surface area contributed by atoms with E-state index in [0.717, 1.165) is 12.4 Å². The van der Waals surface area contributed by atoms with Crippen LogP contribution in [0.25, 0.3) is 0 Å². The first-order valence-electron chi connectivity index (χ1n) is 10.6. The molecule has 0 bridgehead atoms. The van der Waals surface area contributed by atoms with E-state index in [1.165, 1.54) is 0 Å². The van der Waals surface area contributed by atoms with E-state index in [1.54, 1.807) is 4.90 Å². The van der Waals surface area contributed by atoms with E-state index in [9.17, 15) is 39.6 Å². The number of carbonyl (C=O) groups excluding carboxylic acids is 1. The molecule has 202 valence electrons. The predicted molar refractivity (Wildman–Crippen MR) is 109 cm³/mol. The lowest BCUT2D eigenvalue weighted by Gasteiger charge is -2.36. The van der Waals surface area contributed by atoms with Gasteiger partial charge in [0.1, 0.15) is 17.8 Å². The molecule has 1 aromatic heterocycles. The third-order valence-corrected chi connectivity index (χ3v) is 7.79. The molecule has 0 spiro atoms. The van der Waals surface area contributed by atoms with Gasteiger partial charge in [0.2, 0.25) is 5.91 Å². The molecule has 0 unspecified atom stereocenters. The van der Waals surface area contributed by atoms with Crippen molar-refractivity contribution in [1.82, 2.24) is 15.3 Å². The molecule has 36 heavy (non-hydrogen) atoms. The van der Waals surface area contributed by atoms with E-state index in [4.69, 9.17) is 14.6 Å². The number of hydrogen-bond acceptors (Lipinski definition) is 8. The van der Waals surface area contributed by atoms with Crippen LogP contribution in [-0.2, 0) is 30.3 Å². The molecule has 3 aliphatic heterocycles. The number of carbonyl (C=O) groups is 2. The number of aromatic nitrogens is 2. The summed E-state index contributed by atoms with van der Waals surface area (Å²) < 4.78 is 98.5. The molecular weight excluding hydrogens is 526 g/mol. The van der Waals surface area contributed by atoms with Gasteiger partial charge in [-0.3, -0.25) is 4.79 Å². The number of carboxylic acids is 1. The summed E-state index contributed by atoms with van der Waals surface area (Å²) in [5, 5.41) is 9.84. The fourth-order valence-electron chi connectivity index (χ4n) is 4.30. The highest BCUT2D eigenvalue weighted by atomic mass is 32.2. The van der Waals surface area contributed by atoms with Crippen molar-refractivity contribution >= 4 is 27.5 Å². The summed E-state index contributed by atoms with van der Waals surface area (Å²) in [6.45, 7) is 1.43. The van der Waals surface area contributed by atoms with Crippen LogP contribution < -0.4 is 10.2 Å². The van der Waals surface area contributed by atoms with Crippen LogP contribution in [0.15, 0.2) is 12.4 Å². The van der Waals surface area contributed by atoms with Crippen molar-refractivity contribution < 1.29 is 54.2 Å². The average Bonchev–Trinajstić information content (AvgIpc) is 3.13. The zero-order valence-electron chi connectivity index (χ0n) is 18.4. The molecule has 0 aromatic carbocycles. The molecule has 3 atom stereocenters. The van der Waals surface area contributed by atoms with Crippen molar-refractivity contribution in [2.24, 2.45) is 11.8 Å². The number of alkyl halides is 6. The van der Waals surface area contributed by atoms with E-state index in [2.05, 4.69) is 15.3 Å². The minimum Gasteiger partial charge on any atom is -0.475 e. The number of carboxylic acid groups (broad SMARTS) is 1. The van der Waals surface area contributed by atoms with E-state index >= 15 is 0 Å². The van der Waals surface area contributed by atoms with Crippen LogP contribution in [0, 0.1) is 11.8 Å². The van der Waals surface area contributed by atoms with Crippen LogP contribution in [0.2, 0.25) is 0 Å². The maximum atomic E-state index is 12.9. The van der Waals surface area contributed by atoms with Crippen LogP contribution in [0.4, 0.5) is 32.2 Å². The van der Waals surface area contributed by atoms with Crippen molar-refractivity contribution in [3.63, 3.8) is 0 Å². The lowest BCUT2D eigenvalue weighted by atomic mass is 9.83. The molecule has 3 aliphatic rings. The van der Waals surface area contributed by atoms with Gasteiger partial charge >= 0.3 is 18.3 Å². The summed E-state index contributed by atoms with van der Waals surface area (Å²) in [7, 11) is -3.00. The van der Waals surface area contributed by atoms with Crippen LogP contribution in [0.5, 0.6) is 0 Å². The minimum absolute atomic E-state index is 0.0237. The van der Waals surface area contributed by atoms with Gasteiger partial charge in [-0.15, -0.1) is 0 Å². The number of halogens is 6. The molecular formula is C19H22F6N4O6S. The second-order valence-electron chi connectivity index (χ2n) is 8.64. The largest absolute Gasteiger partial charge is 0.490 e. The third kappa shape index (κ3) is 7.18. The molecule has 17 heteroatoms. The van der Waals surface area contributed by atoms with Gasteiger partial charge in [0, 0.05) is 25.1 Å². The third-order valence-electron chi connectivity index (χ3n) is 5.97. The zero-order valence-corrected chi connectivity index (χ0v) is 19.2. The summed E-state index contributed by atoms with van der Waals surface area (Å²) in [5.41, 5.74) is -0.972. The summed E-state index contributed by atoms with van der Waals surface area (Å²) >= 11 is 0. The Hall–Kier alpha value is -2.69.